The molecule has 0 atom stereocenters. The van der Waals surface area contributed by atoms with Gasteiger partial charge in [0, 0.05) is 59.9 Å². The molecule has 9 heteroatoms. The van der Waals surface area contributed by atoms with Crippen LogP contribution in [0, 0.1) is 0 Å². The first-order chi connectivity index (χ1) is 15.1. The Morgan fingerprint density at radius 1 is 1.10 bits per heavy atom. The molecule has 0 spiro atoms. The molecule has 0 unspecified atom stereocenters. The average molecular weight is 409 g/mol. The van der Waals surface area contributed by atoms with E-state index in [4.69, 9.17) is 0 Å². The van der Waals surface area contributed by atoms with Crippen molar-refractivity contribution in [3.05, 3.63) is 61.2 Å². The first kappa shape index (κ1) is 18.6. The summed E-state index contributed by atoms with van der Waals surface area (Å²) in [5.41, 5.74) is 5.94. The van der Waals surface area contributed by atoms with E-state index in [2.05, 4.69) is 46.8 Å². The lowest BCUT2D eigenvalue weighted by Crippen LogP contribution is -2.10. The molecule has 0 fully saturated rings. The van der Waals surface area contributed by atoms with Crippen molar-refractivity contribution in [2.24, 2.45) is 4.99 Å². The molecule has 9 nitrogen and oxygen atoms in total. The fourth-order valence-electron chi connectivity index (χ4n) is 3.54. The molecule has 0 aliphatic carbocycles. The van der Waals surface area contributed by atoms with Gasteiger partial charge in [-0.05, 0) is 31.8 Å². The molecule has 0 bridgehead atoms. The molecule has 0 aliphatic heterocycles. The zero-order valence-corrected chi connectivity index (χ0v) is 17.0. The number of nitrogens with zero attached hydrogens (tertiary/aromatic N) is 7. The lowest BCUT2D eigenvalue weighted by Gasteiger charge is -2.14. The number of anilines is 1. The van der Waals surface area contributed by atoms with E-state index >= 15 is 0 Å². The Kier molecular flexibility index (Phi) is 4.47. The number of allylic oxidation sites excluding steroid dienone is 1. The number of nitrogens with one attached hydrogen (secondary N) is 2. The summed E-state index contributed by atoms with van der Waals surface area (Å²) in [5.74, 6) is 0.808. The second-order valence-corrected chi connectivity index (χ2v) is 7.14. The van der Waals surface area contributed by atoms with Gasteiger partial charge in [0.15, 0.2) is 5.65 Å². The molecule has 5 aromatic heterocycles. The third-order valence-corrected chi connectivity index (χ3v) is 5.06. The maximum atomic E-state index is 4.55. The minimum Gasteiger partial charge on any atom is -0.353 e. The number of aromatic nitrogens is 7. The van der Waals surface area contributed by atoms with Gasteiger partial charge in [0.25, 0.3) is 0 Å². The number of aromatic amines is 2. The van der Waals surface area contributed by atoms with Crippen LogP contribution >= 0.6 is 0 Å². The van der Waals surface area contributed by atoms with Crippen molar-refractivity contribution in [1.29, 1.82) is 0 Å². The fourth-order valence-corrected chi connectivity index (χ4v) is 3.54. The Hall–Kier alpha value is -4.40. The molecule has 31 heavy (non-hydrogen) atoms. The summed E-state index contributed by atoms with van der Waals surface area (Å²) >= 11 is 0. The van der Waals surface area contributed by atoms with Gasteiger partial charge in [-0.25, -0.2) is 19.9 Å². The van der Waals surface area contributed by atoms with Gasteiger partial charge in [0.1, 0.15) is 17.8 Å². The van der Waals surface area contributed by atoms with Crippen LogP contribution in [-0.4, -0.2) is 48.9 Å². The average Bonchev–Trinajstić information content (AvgIpc) is 3.42. The summed E-state index contributed by atoms with van der Waals surface area (Å²) in [6, 6.07) is 6.03. The van der Waals surface area contributed by atoms with Crippen molar-refractivity contribution in [1.82, 2.24) is 35.1 Å². The van der Waals surface area contributed by atoms with Crippen molar-refractivity contribution in [3.63, 3.8) is 0 Å². The topological polar surface area (TPSA) is 112 Å². The summed E-state index contributed by atoms with van der Waals surface area (Å²) in [5, 5.41) is 9.41. The van der Waals surface area contributed by atoms with Crippen LogP contribution in [0.15, 0.2) is 66.2 Å². The Balaban J connectivity index is 1.63. The molecule has 0 aromatic carbocycles. The van der Waals surface area contributed by atoms with Gasteiger partial charge in [-0.1, -0.05) is 0 Å². The first-order valence-corrected chi connectivity index (χ1v) is 9.59. The van der Waals surface area contributed by atoms with E-state index in [0.717, 1.165) is 50.3 Å². The van der Waals surface area contributed by atoms with E-state index < -0.39 is 0 Å². The highest BCUT2D eigenvalue weighted by molar-refractivity contribution is 5.99. The normalized spacial score (nSPS) is 11.9. The lowest BCUT2D eigenvalue weighted by atomic mass is 10.1. The van der Waals surface area contributed by atoms with Gasteiger partial charge in [-0.2, -0.15) is 5.10 Å². The molecular formula is C22H19N9. The minimum atomic E-state index is 0.709. The van der Waals surface area contributed by atoms with Gasteiger partial charge in [-0.15, -0.1) is 0 Å². The van der Waals surface area contributed by atoms with E-state index in [0.29, 0.717) is 5.65 Å². The van der Waals surface area contributed by atoms with Crippen molar-refractivity contribution in [2.45, 2.75) is 6.92 Å². The standard InChI is InChI=1S/C22H19N9/c1-13(23-2)11-31(3)22-16-7-19(28-18(16)4-5-26-22)20-17-6-14(10-27-21(17)30-29-20)15-8-24-12-25-9-15/h4-12,28H,2H2,1,3H3,(H,27,29,30)/b13-11-. The predicted molar refractivity (Wildman–Crippen MR) is 122 cm³/mol. The third kappa shape index (κ3) is 3.31. The Labute approximate surface area is 177 Å². The van der Waals surface area contributed by atoms with Gasteiger partial charge in [0.05, 0.1) is 16.9 Å². The maximum Gasteiger partial charge on any atom is 0.155 e. The van der Waals surface area contributed by atoms with Gasteiger partial charge in [0.2, 0.25) is 0 Å². The molecule has 0 saturated heterocycles. The van der Waals surface area contributed by atoms with Crippen LogP contribution in [-0.2, 0) is 0 Å². The van der Waals surface area contributed by atoms with Crippen molar-refractivity contribution < 1.29 is 0 Å². The number of hydrogen-bond donors (Lipinski definition) is 2. The first-order valence-electron chi connectivity index (χ1n) is 9.59. The lowest BCUT2D eigenvalue weighted by molar-refractivity contribution is 1.10. The molecule has 152 valence electrons. The molecule has 0 saturated carbocycles. The van der Waals surface area contributed by atoms with E-state index in [9.17, 15) is 0 Å². The number of fused-ring (bicyclic) bond motifs is 2. The predicted octanol–water partition coefficient (Wildman–Crippen LogP) is 3.96. The van der Waals surface area contributed by atoms with E-state index in [-0.39, 0.29) is 0 Å². The summed E-state index contributed by atoms with van der Waals surface area (Å²) in [7, 11) is 1.94. The Morgan fingerprint density at radius 3 is 2.74 bits per heavy atom. The highest BCUT2D eigenvalue weighted by Crippen LogP contribution is 2.33. The molecule has 0 amide bonds. The minimum absolute atomic E-state index is 0.709. The second-order valence-electron chi connectivity index (χ2n) is 7.14. The van der Waals surface area contributed by atoms with E-state index in [1.807, 2.05) is 43.3 Å². The molecule has 0 aliphatic rings. The Morgan fingerprint density at radius 2 is 1.94 bits per heavy atom. The number of H-pyrrole nitrogens is 2. The van der Waals surface area contributed by atoms with Crippen molar-refractivity contribution in [3.8, 4) is 22.5 Å². The summed E-state index contributed by atoms with van der Waals surface area (Å²) in [6.07, 6.45) is 10.5. The summed E-state index contributed by atoms with van der Waals surface area (Å²) in [6.45, 7) is 5.46. The van der Waals surface area contributed by atoms with Crippen LogP contribution in [0.4, 0.5) is 5.82 Å². The highest BCUT2D eigenvalue weighted by Gasteiger charge is 2.16. The van der Waals surface area contributed by atoms with Crippen molar-refractivity contribution in [2.75, 3.05) is 11.9 Å². The molecule has 2 N–H and O–H groups in total. The zero-order chi connectivity index (χ0) is 21.4. The largest absolute Gasteiger partial charge is 0.353 e. The number of aliphatic imine (C=N–C) groups is 1. The zero-order valence-electron chi connectivity index (χ0n) is 17.0. The smallest absolute Gasteiger partial charge is 0.155 e. The van der Waals surface area contributed by atoms with Crippen LogP contribution in [0.5, 0.6) is 0 Å². The number of rotatable bonds is 5. The van der Waals surface area contributed by atoms with E-state index in [1.165, 1.54) is 6.33 Å². The van der Waals surface area contributed by atoms with Crippen LogP contribution in [0.2, 0.25) is 0 Å². The summed E-state index contributed by atoms with van der Waals surface area (Å²) in [4.78, 5) is 26.6. The van der Waals surface area contributed by atoms with Gasteiger partial charge in [-0.3, -0.25) is 10.1 Å². The molecule has 5 rings (SSSR count). The quantitative estimate of drug-likeness (QED) is 0.425. The molecule has 0 radical (unpaired) electrons. The van der Waals surface area contributed by atoms with Crippen LogP contribution in [0.25, 0.3) is 44.5 Å². The van der Waals surface area contributed by atoms with Crippen LogP contribution < -0.4 is 4.90 Å². The van der Waals surface area contributed by atoms with Gasteiger partial charge >= 0.3 is 0 Å². The molecular weight excluding hydrogens is 390 g/mol. The number of pyridine rings is 2. The van der Waals surface area contributed by atoms with Crippen LogP contribution in [0.1, 0.15) is 6.92 Å². The van der Waals surface area contributed by atoms with Gasteiger partial charge < -0.3 is 9.88 Å². The monoisotopic (exact) mass is 409 g/mol. The second kappa shape index (κ2) is 7.45. The fraction of sp³-hybridized carbons (Fsp3) is 0.0909. The SMILES string of the molecule is C=N/C(C)=C\N(C)c1nccc2[nH]c(-c3n[nH]c4ncc(-c5cncnc5)cc34)cc12. The van der Waals surface area contributed by atoms with Crippen molar-refractivity contribution >= 4 is 34.5 Å². The maximum absolute atomic E-state index is 4.55. The van der Waals surface area contributed by atoms with Crippen LogP contribution in [0.3, 0.4) is 0 Å². The summed E-state index contributed by atoms with van der Waals surface area (Å²) < 4.78 is 0. The molecule has 5 aromatic rings. The third-order valence-electron chi connectivity index (χ3n) is 5.06. The van der Waals surface area contributed by atoms with E-state index in [1.54, 1.807) is 24.8 Å². The number of hydrogen-bond acceptors (Lipinski definition) is 7. The molecule has 5 heterocycles. The highest BCUT2D eigenvalue weighted by atomic mass is 15.2. The Bertz CT molecular complexity index is 1430.